The van der Waals surface area contributed by atoms with Crippen LogP contribution in [-0.2, 0) is 7.05 Å². The van der Waals surface area contributed by atoms with Crippen LogP contribution in [0.2, 0.25) is 0 Å². The fourth-order valence-corrected chi connectivity index (χ4v) is 2.04. The fraction of sp³-hybridized carbons (Fsp3) is 0.667. The number of hydrogen-bond donors (Lipinski definition) is 1. The Morgan fingerprint density at radius 1 is 1.38 bits per heavy atom. The summed E-state index contributed by atoms with van der Waals surface area (Å²) in [6, 6.07) is 0.416. The Balaban J connectivity index is 1.92. The highest BCUT2D eigenvalue weighted by molar-refractivity contribution is 5.97. The van der Waals surface area contributed by atoms with E-state index in [1.165, 1.54) is 12.8 Å². The van der Waals surface area contributed by atoms with Crippen LogP contribution in [0.3, 0.4) is 0 Å². The van der Waals surface area contributed by atoms with Crippen LogP contribution in [0.25, 0.3) is 0 Å². The smallest absolute Gasteiger partial charge is 0.255 e. The number of rotatable bonds is 3. The van der Waals surface area contributed by atoms with Gasteiger partial charge in [0.2, 0.25) is 0 Å². The van der Waals surface area contributed by atoms with E-state index in [4.69, 9.17) is 0 Å². The Bertz CT molecular complexity index is 441. The van der Waals surface area contributed by atoms with Crippen molar-refractivity contribution in [1.82, 2.24) is 15.1 Å². The molecule has 2 fully saturated rings. The van der Waals surface area contributed by atoms with Crippen LogP contribution in [0.5, 0.6) is 0 Å². The van der Waals surface area contributed by atoms with Gasteiger partial charge in [-0.2, -0.15) is 5.10 Å². The number of aryl methyl sites for hydroxylation is 1. The van der Waals surface area contributed by atoms with Crippen molar-refractivity contribution in [3.8, 4) is 0 Å². The summed E-state index contributed by atoms with van der Waals surface area (Å²) in [5.74, 6) is 0.606. The molecule has 1 aromatic heterocycles. The lowest BCUT2D eigenvalue weighted by molar-refractivity contribution is 0.0949. The van der Waals surface area contributed by atoms with Gasteiger partial charge in [-0.3, -0.25) is 9.48 Å². The minimum Gasteiger partial charge on any atom is -0.349 e. The van der Waals surface area contributed by atoms with E-state index in [2.05, 4.69) is 10.4 Å². The van der Waals surface area contributed by atoms with Crippen molar-refractivity contribution in [1.29, 1.82) is 0 Å². The number of nitrogens with zero attached hydrogens (tertiary/aromatic N) is 2. The largest absolute Gasteiger partial charge is 0.349 e. The summed E-state index contributed by atoms with van der Waals surface area (Å²) in [6.07, 6.45) is 4.62. The maximum atomic E-state index is 12.1. The number of aromatic nitrogens is 2. The van der Waals surface area contributed by atoms with Crippen molar-refractivity contribution >= 4 is 5.91 Å². The summed E-state index contributed by atoms with van der Waals surface area (Å²) in [7, 11) is 1.91. The molecule has 3 rings (SSSR count). The molecule has 0 atom stereocenters. The van der Waals surface area contributed by atoms with Crippen LogP contribution in [0.4, 0.5) is 0 Å². The number of carbonyl (C=O) groups is 1. The van der Waals surface area contributed by atoms with Crippen LogP contribution in [-0.4, -0.2) is 21.7 Å². The summed E-state index contributed by atoms with van der Waals surface area (Å²) in [6.45, 7) is 1.97. The average molecular weight is 219 g/mol. The van der Waals surface area contributed by atoms with E-state index < -0.39 is 0 Å². The second kappa shape index (κ2) is 3.34. The number of carbonyl (C=O) groups excluding carboxylic acids is 1. The topological polar surface area (TPSA) is 46.9 Å². The third-order valence-corrected chi connectivity index (χ3v) is 3.46. The van der Waals surface area contributed by atoms with Gasteiger partial charge >= 0.3 is 0 Å². The van der Waals surface area contributed by atoms with Crippen LogP contribution >= 0.6 is 0 Å². The summed E-state index contributed by atoms with van der Waals surface area (Å²) in [4.78, 5) is 12.1. The monoisotopic (exact) mass is 219 g/mol. The molecule has 1 N–H and O–H groups in total. The Hall–Kier alpha value is -1.32. The molecule has 2 aliphatic carbocycles. The van der Waals surface area contributed by atoms with E-state index in [0.717, 1.165) is 29.8 Å². The van der Waals surface area contributed by atoms with Crippen molar-refractivity contribution in [2.45, 2.75) is 44.6 Å². The van der Waals surface area contributed by atoms with E-state index in [-0.39, 0.29) is 5.91 Å². The molecule has 4 nitrogen and oxygen atoms in total. The standard InChI is InChI=1S/C12H17N3O/c1-7-10(12(16)13-9-5-6-9)11(8-3-4-8)14-15(7)2/h8-9H,3-6H2,1-2H3,(H,13,16). The molecule has 0 unspecified atom stereocenters. The molecule has 1 heterocycles. The lowest BCUT2D eigenvalue weighted by Crippen LogP contribution is -2.26. The lowest BCUT2D eigenvalue weighted by atomic mass is 10.1. The molecular weight excluding hydrogens is 202 g/mol. The zero-order valence-corrected chi connectivity index (χ0v) is 9.79. The van der Waals surface area contributed by atoms with Crippen molar-refractivity contribution in [2.75, 3.05) is 0 Å². The molecule has 4 heteroatoms. The summed E-state index contributed by atoms with van der Waals surface area (Å²) >= 11 is 0. The van der Waals surface area contributed by atoms with Gasteiger partial charge in [0.05, 0.1) is 11.3 Å². The predicted octanol–water partition coefficient (Wildman–Crippen LogP) is 1.50. The molecule has 2 aliphatic rings. The SMILES string of the molecule is Cc1c(C(=O)NC2CC2)c(C2CC2)nn1C. The van der Waals surface area contributed by atoms with Crippen molar-refractivity contribution < 1.29 is 4.79 Å². The van der Waals surface area contributed by atoms with Crippen LogP contribution in [0.15, 0.2) is 0 Å². The van der Waals surface area contributed by atoms with E-state index in [1.807, 2.05) is 18.7 Å². The quantitative estimate of drug-likeness (QED) is 0.837. The summed E-state index contributed by atoms with van der Waals surface area (Å²) < 4.78 is 1.83. The molecule has 86 valence electrons. The molecule has 1 amide bonds. The molecule has 1 aromatic rings. The van der Waals surface area contributed by atoms with E-state index in [0.29, 0.717) is 12.0 Å². The summed E-state index contributed by atoms with van der Waals surface area (Å²) in [5, 5.41) is 7.53. The zero-order chi connectivity index (χ0) is 11.3. The molecular formula is C12H17N3O. The van der Waals surface area contributed by atoms with E-state index >= 15 is 0 Å². The minimum absolute atomic E-state index is 0.0787. The average Bonchev–Trinajstić information content (AvgIpc) is 3.11. The predicted molar refractivity (Wildman–Crippen MR) is 60.4 cm³/mol. The van der Waals surface area contributed by atoms with E-state index in [1.54, 1.807) is 0 Å². The Morgan fingerprint density at radius 3 is 2.62 bits per heavy atom. The van der Waals surface area contributed by atoms with Gasteiger partial charge in [-0.25, -0.2) is 0 Å². The van der Waals surface area contributed by atoms with E-state index in [9.17, 15) is 4.79 Å². The van der Waals surface area contributed by atoms with Crippen LogP contribution < -0.4 is 5.32 Å². The lowest BCUT2D eigenvalue weighted by Gasteiger charge is -2.04. The molecule has 0 saturated heterocycles. The van der Waals surface area contributed by atoms with Crippen molar-refractivity contribution in [3.05, 3.63) is 17.0 Å². The highest BCUT2D eigenvalue weighted by Gasteiger charge is 2.34. The molecule has 0 aliphatic heterocycles. The Kier molecular flexibility index (Phi) is 2.06. The van der Waals surface area contributed by atoms with Gasteiger partial charge in [-0.15, -0.1) is 0 Å². The van der Waals surface area contributed by atoms with Crippen LogP contribution in [0, 0.1) is 6.92 Å². The molecule has 0 spiro atoms. The second-order valence-electron chi connectivity index (χ2n) is 4.99. The van der Waals surface area contributed by atoms with Gasteiger partial charge < -0.3 is 5.32 Å². The minimum atomic E-state index is 0.0787. The first kappa shape index (κ1) is 9.87. The number of hydrogen-bond acceptors (Lipinski definition) is 2. The highest BCUT2D eigenvalue weighted by atomic mass is 16.1. The fourth-order valence-electron chi connectivity index (χ4n) is 2.04. The van der Waals surface area contributed by atoms with Gasteiger partial charge in [0.15, 0.2) is 0 Å². The zero-order valence-electron chi connectivity index (χ0n) is 9.79. The van der Waals surface area contributed by atoms with Gasteiger partial charge in [-0.05, 0) is 32.6 Å². The van der Waals surface area contributed by atoms with Gasteiger partial charge in [-0.1, -0.05) is 0 Å². The third kappa shape index (κ3) is 1.62. The Labute approximate surface area is 95.0 Å². The Morgan fingerprint density at radius 2 is 2.06 bits per heavy atom. The second-order valence-corrected chi connectivity index (χ2v) is 4.99. The normalized spacial score (nSPS) is 19.9. The third-order valence-electron chi connectivity index (χ3n) is 3.46. The van der Waals surface area contributed by atoms with Crippen molar-refractivity contribution in [3.63, 3.8) is 0 Å². The number of nitrogens with one attached hydrogen (secondary N) is 1. The first-order valence-corrected chi connectivity index (χ1v) is 6.01. The molecule has 0 radical (unpaired) electrons. The first-order chi connectivity index (χ1) is 7.66. The van der Waals surface area contributed by atoms with Crippen molar-refractivity contribution in [2.24, 2.45) is 7.05 Å². The maximum absolute atomic E-state index is 12.1. The molecule has 0 aromatic carbocycles. The van der Waals surface area contributed by atoms with Gasteiger partial charge in [0.25, 0.3) is 5.91 Å². The molecule has 0 bridgehead atoms. The molecule has 16 heavy (non-hydrogen) atoms. The van der Waals surface area contributed by atoms with Crippen LogP contribution in [0.1, 0.15) is 53.3 Å². The number of amides is 1. The maximum Gasteiger partial charge on any atom is 0.255 e. The highest BCUT2D eigenvalue weighted by Crippen LogP contribution is 2.41. The molecule has 2 saturated carbocycles. The first-order valence-electron chi connectivity index (χ1n) is 6.01. The van der Waals surface area contributed by atoms with Gasteiger partial charge in [0.1, 0.15) is 0 Å². The van der Waals surface area contributed by atoms with Gasteiger partial charge in [0, 0.05) is 24.7 Å². The summed E-state index contributed by atoms with van der Waals surface area (Å²) in [5.41, 5.74) is 2.83.